The van der Waals surface area contributed by atoms with Crippen molar-refractivity contribution in [3.05, 3.63) is 47.7 Å². The molecule has 1 saturated heterocycles. The van der Waals surface area contributed by atoms with Crippen molar-refractivity contribution in [3.63, 3.8) is 0 Å². The highest BCUT2D eigenvalue weighted by molar-refractivity contribution is 7.89. The summed E-state index contributed by atoms with van der Waals surface area (Å²) in [5.74, 6) is 0. The molecule has 0 aliphatic carbocycles. The first-order valence-electron chi connectivity index (χ1n) is 7.83. The van der Waals surface area contributed by atoms with Crippen LogP contribution in [-0.2, 0) is 14.8 Å². The van der Waals surface area contributed by atoms with E-state index in [0.29, 0.717) is 47.9 Å². The number of sulfonamides is 1. The number of pyridine rings is 1. The molecule has 138 valence electrons. The highest BCUT2D eigenvalue weighted by atomic mass is 35.5. The topological polar surface area (TPSA) is 83.6 Å². The first-order chi connectivity index (χ1) is 12.5. The van der Waals surface area contributed by atoms with E-state index in [1.165, 1.54) is 4.31 Å². The first kappa shape index (κ1) is 19.0. The Morgan fingerprint density at radius 3 is 2.50 bits per heavy atom. The second kappa shape index (κ2) is 8.28. The van der Waals surface area contributed by atoms with E-state index in [2.05, 4.69) is 15.6 Å². The molecule has 2 aromatic rings. The van der Waals surface area contributed by atoms with Gasteiger partial charge in [0.25, 0.3) is 0 Å². The summed E-state index contributed by atoms with van der Waals surface area (Å²) in [7, 11) is -3.51. The molecule has 0 spiro atoms. The minimum absolute atomic E-state index is 0.235. The lowest BCUT2D eigenvalue weighted by Crippen LogP contribution is -2.40. The van der Waals surface area contributed by atoms with E-state index in [1.807, 2.05) is 0 Å². The van der Waals surface area contributed by atoms with E-state index in [1.54, 1.807) is 42.6 Å². The van der Waals surface area contributed by atoms with Gasteiger partial charge in [0.05, 0.1) is 23.8 Å². The van der Waals surface area contributed by atoms with Gasteiger partial charge in [0, 0.05) is 25.0 Å². The van der Waals surface area contributed by atoms with Gasteiger partial charge in [-0.15, -0.1) is 0 Å². The Bertz CT molecular complexity index is 885. The van der Waals surface area contributed by atoms with Crippen LogP contribution in [-0.4, -0.2) is 49.1 Å². The van der Waals surface area contributed by atoms with Crippen LogP contribution < -0.4 is 10.6 Å². The lowest BCUT2D eigenvalue weighted by Gasteiger charge is -2.26. The van der Waals surface area contributed by atoms with Gasteiger partial charge in [-0.2, -0.15) is 4.31 Å². The number of aromatic nitrogens is 1. The third-order valence-corrected chi connectivity index (χ3v) is 6.15. The Morgan fingerprint density at radius 1 is 1.15 bits per heavy atom. The lowest BCUT2D eigenvalue weighted by molar-refractivity contribution is 0.0730. The van der Waals surface area contributed by atoms with Gasteiger partial charge < -0.3 is 15.4 Å². The monoisotopic (exact) mass is 412 g/mol. The van der Waals surface area contributed by atoms with Gasteiger partial charge in [-0.05, 0) is 48.6 Å². The number of morpholine rings is 1. The summed E-state index contributed by atoms with van der Waals surface area (Å²) in [6.45, 7) is 1.55. The van der Waals surface area contributed by atoms with Crippen LogP contribution >= 0.6 is 23.8 Å². The van der Waals surface area contributed by atoms with Crippen molar-refractivity contribution in [2.45, 2.75) is 4.90 Å². The standard InChI is InChI=1S/C16H17ClN4O3S2/c17-15-14(2-1-7-18-15)20-16(25)19-12-3-5-13(6-4-12)26(22,23)21-8-10-24-11-9-21/h1-7H,8-11H2,(H2,19,20,25). The Labute approximate surface area is 162 Å². The molecule has 2 N–H and O–H groups in total. The number of halogens is 1. The van der Waals surface area contributed by atoms with Gasteiger partial charge in [-0.1, -0.05) is 11.6 Å². The van der Waals surface area contributed by atoms with Crippen LogP contribution in [0.3, 0.4) is 0 Å². The van der Waals surface area contributed by atoms with Gasteiger partial charge in [0.2, 0.25) is 10.0 Å². The number of hydrogen-bond donors (Lipinski definition) is 2. The summed E-state index contributed by atoms with van der Waals surface area (Å²) in [5.41, 5.74) is 1.24. The molecule has 0 amide bonds. The number of ether oxygens (including phenoxy) is 1. The molecule has 1 aromatic heterocycles. The molecule has 0 radical (unpaired) electrons. The van der Waals surface area contributed by atoms with Gasteiger partial charge in [0.1, 0.15) is 0 Å². The van der Waals surface area contributed by atoms with Crippen LogP contribution in [0.25, 0.3) is 0 Å². The summed E-state index contributed by atoms with van der Waals surface area (Å²) in [6, 6.07) is 9.90. The minimum atomic E-state index is -3.51. The van der Waals surface area contributed by atoms with Crippen molar-refractivity contribution in [1.82, 2.24) is 9.29 Å². The molecule has 2 heterocycles. The fraction of sp³-hybridized carbons (Fsp3) is 0.250. The molecule has 1 aliphatic heterocycles. The van der Waals surface area contributed by atoms with Crippen molar-refractivity contribution in [3.8, 4) is 0 Å². The normalized spacial score (nSPS) is 15.4. The van der Waals surface area contributed by atoms with Crippen LogP contribution in [0, 0.1) is 0 Å². The third kappa shape index (κ3) is 4.49. The lowest BCUT2D eigenvalue weighted by atomic mass is 10.3. The Hall–Kier alpha value is -1.78. The van der Waals surface area contributed by atoms with Crippen LogP contribution in [0.1, 0.15) is 0 Å². The largest absolute Gasteiger partial charge is 0.379 e. The number of rotatable bonds is 4. The maximum Gasteiger partial charge on any atom is 0.243 e. The molecule has 26 heavy (non-hydrogen) atoms. The quantitative estimate of drug-likeness (QED) is 0.589. The SMILES string of the molecule is O=S(=O)(c1ccc(NC(=S)Nc2cccnc2Cl)cc1)N1CCOCC1. The summed E-state index contributed by atoms with van der Waals surface area (Å²) in [6.07, 6.45) is 1.58. The van der Waals surface area contributed by atoms with E-state index in [0.717, 1.165) is 0 Å². The van der Waals surface area contributed by atoms with E-state index in [4.69, 9.17) is 28.6 Å². The summed E-state index contributed by atoms with van der Waals surface area (Å²) >= 11 is 11.2. The van der Waals surface area contributed by atoms with Crippen molar-refractivity contribution in [2.75, 3.05) is 36.9 Å². The molecule has 0 bridgehead atoms. The molecule has 1 aromatic carbocycles. The third-order valence-electron chi connectivity index (χ3n) is 3.73. The van der Waals surface area contributed by atoms with Crippen LogP contribution in [0.5, 0.6) is 0 Å². The van der Waals surface area contributed by atoms with Crippen LogP contribution in [0.15, 0.2) is 47.5 Å². The van der Waals surface area contributed by atoms with Gasteiger partial charge >= 0.3 is 0 Å². The predicted octanol–water partition coefficient (Wildman–Crippen LogP) is 2.56. The van der Waals surface area contributed by atoms with Gasteiger partial charge in [0.15, 0.2) is 10.3 Å². The van der Waals surface area contributed by atoms with Crippen molar-refractivity contribution in [1.29, 1.82) is 0 Å². The number of benzene rings is 1. The molecule has 7 nitrogen and oxygen atoms in total. The fourth-order valence-electron chi connectivity index (χ4n) is 2.41. The van der Waals surface area contributed by atoms with E-state index >= 15 is 0 Å². The minimum Gasteiger partial charge on any atom is -0.379 e. The Morgan fingerprint density at radius 2 is 1.85 bits per heavy atom. The van der Waals surface area contributed by atoms with E-state index in [9.17, 15) is 8.42 Å². The molecular formula is C16H17ClN4O3S2. The number of thiocarbonyl (C=S) groups is 1. The van der Waals surface area contributed by atoms with Crippen LogP contribution in [0.2, 0.25) is 5.15 Å². The smallest absolute Gasteiger partial charge is 0.243 e. The van der Waals surface area contributed by atoms with Gasteiger partial charge in [-0.3, -0.25) is 0 Å². The highest BCUT2D eigenvalue weighted by Gasteiger charge is 2.26. The maximum atomic E-state index is 12.6. The van der Waals surface area contributed by atoms with E-state index in [-0.39, 0.29) is 4.90 Å². The average molecular weight is 413 g/mol. The molecule has 1 fully saturated rings. The molecular weight excluding hydrogens is 396 g/mol. The van der Waals surface area contributed by atoms with Crippen molar-refractivity contribution < 1.29 is 13.2 Å². The van der Waals surface area contributed by atoms with Crippen molar-refractivity contribution >= 4 is 50.3 Å². The molecule has 10 heteroatoms. The molecule has 3 rings (SSSR count). The zero-order valence-corrected chi connectivity index (χ0v) is 16.1. The molecule has 0 unspecified atom stereocenters. The first-order valence-corrected chi connectivity index (χ1v) is 10.1. The number of nitrogens with zero attached hydrogens (tertiary/aromatic N) is 2. The summed E-state index contributed by atoms with van der Waals surface area (Å²) < 4.78 is 31.8. The average Bonchev–Trinajstić information content (AvgIpc) is 2.65. The molecule has 0 saturated carbocycles. The Kier molecular flexibility index (Phi) is 6.05. The molecule has 0 atom stereocenters. The Balaban J connectivity index is 1.66. The summed E-state index contributed by atoms with van der Waals surface area (Å²) in [5, 5.41) is 6.55. The zero-order valence-electron chi connectivity index (χ0n) is 13.7. The van der Waals surface area contributed by atoms with Crippen LogP contribution in [0.4, 0.5) is 11.4 Å². The number of nitrogens with one attached hydrogen (secondary N) is 2. The number of hydrogen-bond acceptors (Lipinski definition) is 5. The zero-order chi connectivity index (χ0) is 18.6. The van der Waals surface area contributed by atoms with Crippen molar-refractivity contribution in [2.24, 2.45) is 0 Å². The van der Waals surface area contributed by atoms with E-state index < -0.39 is 10.0 Å². The van der Waals surface area contributed by atoms with Gasteiger partial charge in [-0.25, -0.2) is 13.4 Å². The maximum absolute atomic E-state index is 12.6. The fourth-order valence-corrected chi connectivity index (χ4v) is 4.21. The second-order valence-corrected chi connectivity index (χ2v) is 8.17. The predicted molar refractivity (Wildman–Crippen MR) is 105 cm³/mol. The molecule has 1 aliphatic rings. The summed E-state index contributed by atoms with van der Waals surface area (Å²) in [4.78, 5) is 4.19. The number of anilines is 2. The second-order valence-electron chi connectivity index (χ2n) is 5.46. The highest BCUT2D eigenvalue weighted by Crippen LogP contribution is 2.21.